The summed E-state index contributed by atoms with van der Waals surface area (Å²) in [5.41, 5.74) is 1.44. The summed E-state index contributed by atoms with van der Waals surface area (Å²) in [4.78, 5) is 32.6. The molecule has 3 heterocycles. The third-order valence-corrected chi connectivity index (χ3v) is 6.50. The molecule has 0 atom stereocenters. The second kappa shape index (κ2) is 12.5. The molecule has 182 valence electrons. The standard InChI is InChI=1S/C23H25N5O2S.CH3Cl.H3N/c1-25(2)9-14-28-19-7-4-3-6-17(19)21(18(16-24)22(28)29)26-10-12-27(13-11-26)23(30)20-8-5-15-31-20;1-2;/h3-8,15H,9-14H2,1-2H3;1H3;1H3. The van der Waals surface area contributed by atoms with E-state index in [2.05, 4.69) is 22.6 Å². The van der Waals surface area contributed by atoms with E-state index in [9.17, 15) is 14.9 Å². The molecule has 1 amide bonds. The zero-order valence-corrected chi connectivity index (χ0v) is 21.4. The first kappa shape index (κ1) is 27.3. The minimum Gasteiger partial charge on any atom is -0.366 e. The number of anilines is 1. The van der Waals surface area contributed by atoms with Crippen LogP contribution in [0.15, 0.2) is 46.6 Å². The van der Waals surface area contributed by atoms with Gasteiger partial charge in [0.1, 0.15) is 11.6 Å². The Morgan fingerprint density at radius 2 is 1.79 bits per heavy atom. The average molecular weight is 503 g/mol. The predicted molar refractivity (Wildman–Crippen MR) is 141 cm³/mol. The molecule has 3 aromatic rings. The van der Waals surface area contributed by atoms with Crippen molar-refractivity contribution in [3.05, 3.63) is 62.6 Å². The number of hydrogen-bond acceptors (Lipinski definition) is 7. The lowest BCUT2D eigenvalue weighted by atomic mass is 10.1. The summed E-state index contributed by atoms with van der Waals surface area (Å²) < 4.78 is 1.70. The van der Waals surface area contributed by atoms with Gasteiger partial charge in [0, 0.05) is 51.0 Å². The number of piperazine rings is 1. The molecule has 0 saturated carbocycles. The van der Waals surface area contributed by atoms with Crippen molar-refractivity contribution in [1.82, 2.24) is 20.5 Å². The average Bonchev–Trinajstić information content (AvgIpc) is 3.39. The van der Waals surface area contributed by atoms with E-state index in [1.807, 2.05) is 65.7 Å². The van der Waals surface area contributed by atoms with E-state index in [0.29, 0.717) is 45.0 Å². The molecule has 1 saturated heterocycles. The van der Waals surface area contributed by atoms with Crippen LogP contribution in [-0.2, 0) is 6.54 Å². The summed E-state index contributed by atoms with van der Waals surface area (Å²) in [6.45, 7) is 3.50. The van der Waals surface area contributed by atoms with Crippen molar-refractivity contribution in [2.75, 3.05) is 58.1 Å². The van der Waals surface area contributed by atoms with Crippen LogP contribution in [0.5, 0.6) is 0 Å². The van der Waals surface area contributed by atoms with Crippen LogP contribution in [0.4, 0.5) is 5.69 Å². The van der Waals surface area contributed by atoms with Gasteiger partial charge in [0.2, 0.25) is 0 Å². The Morgan fingerprint density at radius 3 is 2.38 bits per heavy atom. The molecule has 1 aliphatic rings. The Kier molecular flexibility index (Phi) is 10.1. The van der Waals surface area contributed by atoms with Crippen LogP contribution in [0.1, 0.15) is 15.2 Å². The fourth-order valence-electron chi connectivity index (χ4n) is 4.03. The number of alkyl halides is 1. The molecule has 3 N–H and O–H groups in total. The first-order chi connectivity index (χ1) is 16.0. The number of benzene rings is 1. The third-order valence-electron chi connectivity index (χ3n) is 5.64. The topological polar surface area (TPSA) is 108 Å². The largest absolute Gasteiger partial charge is 0.366 e. The number of halogens is 1. The number of pyridine rings is 1. The summed E-state index contributed by atoms with van der Waals surface area (Å²) in [5, 5.41) is 12.7. The van der Waals surface area contributed by atoms with Crippen molar-refractivity contribution in [1.29, 1.82) is 5.26 Å². The lowest BCUT2D eigenvalue weighted by Crippen LogP contribution is -2.49. The molecule has 8 nitrogen and oxygen atoms in total. The zero-order chi connectivity index (χ0) is 24.0. The molecule has 1 fully saturated rings. The number of hydrogen-bond donors (Lipinski definition) is 1. The second-order valence-corrected chi connectivity index (χ2v) is 8.82. The van der Waals surface area contributed by atoms with Crippen LogP contribution in [0.2, 0.25) is 0 Å². The van der Waals surface area contributed by atoms with Crippen LogP contribution in [0.3, 0.4) is 0 Å². The fraction of sp³-hybridized carbons (Fsp3) is 0.375. The van der Waals surface area contributed by atoms with Crippen molar-refractivity contribution in [2.45, 2.75) is 6.54 Å². The van der Waals surface area contributed by atoms with Gasteiger partial charge in [-0.1, -0.05) is 24.3 Å². The van der Waals surface area contributed by atoms with Gasteiger partial charge in [-0.2, -0.15) is 5.26 Å². The van der Waals surface area contributed by atoms with E-state index in [0.717, 1.165) is 15.8 Å². The number of fused-ring (bicyclic) bond motifs is 1. The Balaban J connectivity index is 0.00000133. The Hall–Kier alpha value is -2.90. The SMILES string of the molecule is CCl.CN(C)CCn1c(=O)c(C#N)c(N2CCN(C(=O)c3cccs3)CC2)c2ccccc21.N. The fourth-order valence-corrected chi connectivity index (χ4v) is 4.72. The molecule has 4 rings (SSSR count). The van der Waals surface area contributed by atoms with Gasteiger partial charge in [0.25, 0.3) is 11.5 Å². The van der Waals surface area contributed by atoms with E-state index in [4.69, 9.17) is 0 Å². The maximum atomic E-state index is 13.3. The molecule has 1 aromatic carbocycles. The maximum absolute atomic E-state index is 13.3. The molecule has 1 aliphatic heterocycles. The van der Waals surface area contributed by atoms with Crippen LogP contribution >= 0.6 is 22.9 Å². The number of para-hydroxylation sites is 1. The van der Waals surface area contributed by atoms with Crippen LogP contribution < -0.4 is 16.6 Å². The van der Waals surface area contributed by atoms with Gasteiger partial charge < -0.3 is 25.4 Å². The van der Waals surface area contributed by atoms with Gasteiger partial charge in [0.15, 0.2) is 0 Å². The molecule has 10 heteroatoms. The normalized spacial score (nSPS) is 13.2. The van der Waals surface area contributed by atoms with E-state index in [1.165, 1.54) is 17.7 Å². The minimum absolute atomic E-state index is 0. The highest BCUT2D eigenvalue weighted by Gasteiger charge is 2.27. The lowest BCUT2D eigenvalue weighted by molar-refractivity contribution is 0.0751. The summed E-state index contributed by atoms with van der Waals surface area (Å²) in [6, 6.07) is 13.7. The number of carbonyl (C=O) groups is 1. The molecular weight excluding hydrogens is 472 g/mol. The number of amides is 1. The van der Waals surface area contributed by atoms with Crippen LogP contribution in [-0.4, -0.2) is 73.5 Å². The predicted octanol–water partition coefficient (Wildman–Crippen LogP) is 3.48. The summed E-state index contributed by atoms with van der Waals surface area (Å²) >= 11 is 6.08. The van der Waals surface area contributed by atoms with Gasteiger partial charge in [-0.05, 0) is 31.6 Å². The molecule has 0 unspecified atom stereocenters. The Morgan fingerprint density at radius 1 is 1.12 bits per heavy atom. The number of likely N-dealkylation sites (N-methyl/N-ethyl adjacent to an activating group) is 1. The number of carbonyl (C=O) groups excluding carboxylic acids is 1. The monoisotopic (exact) mass is 502 g/mol. The van der Waals surface area contributed by atoms with Crippen LogP contribution in [0.25, 0.3) is 10.9 Å². The zero-order valence-electron chi connectivity index (χ0n) is 19.8. The maximum Gasteiger partial charge on any atom is 0.271 e. The second-order valence-electron chi connectivity index (χ2n) is 7.87. The molecular formula is C24H31ClN6O2S. The number of nitrogens with zero attached hydrogens (tertiary/aromatic N) is 5. The lowest BCUT2D eigenvalue weighted by Gasteiger charge is -2.37. The Labute approximate surface area is 209 Å². The summed E-state index contributed by atoms with van der Waals surface area (Å²) in [5.74, 6) is 0.0408. The van der Waals surface area contributed by atoms with Crippen molar-refractivity contribution in [2.24, 2.45) is 0 Å². The smallest absolute Gasteiger partial charge is 0.271 e. The van der Waals surface area contributed by atoms with Gasteiger partial charge in [0.05, 0.1) is 16.1 Å². The first-order valence-corrected chi connectivity index (χ1v) is 12.3. The molecule has 0 spiro atoms. The molecule has 2 aromatic heterocycles. The molecule has 0 aliphatic carbocycles. The highest BCUT2D eigenvalue weighted by molar-refractivity contribution is 7.12. The van der Waals surface area contributed by atoms with E-state index >= 15 is 0 Å². The van der Waals surface area contributed by atoms with Crippen molar-refractivity contribution < 1.29 is 4.79 Å². The summed E-state index contributed by atoms with van der Waals surface area (Å²) in [6.07, 6.45) is 1.47. The van der Waals surface area contributed by atoms with Crippen molar-refractivity contribution >= 4 is 45.4 Å². The summed E-state index contributed by atoms with van der Waals surface area (Å²) in [7, 11) is 3.92. The number of nitriles is 1. The molecule has 0 bridgehead atoms. The van der Waals surface area contributed by atoms with Crippen molar-refractivity contribution in [3.63, 3.8) is 0 Å². The minimum atomic E-state index is -0.254. The third kappa shape index (κ3) is 5.59. The highest BCUT2D eigenvalue weighted by atomic mass is 35.5. The van der Waals surface area contributed by atoms with Gasteiger partial charge in [-0.15, -0.1) is 22.9 Å². The van der Waals surface area contributed by atoms with E-state index < -0.39 is 0 Å². The van der Waals surface area contributed by atoms with Crippen molar-refractivity contribution in [3.8, 4) is 6.07 Å². The number of thiophene rings is 1. The van der Waals surface area contributed by atoms with Gasteiger partial charge in [-0.25, -0.2) is 0 Å². The number of aromatic nitrogens is 1. The van der Waals surface area contributed by atoms with E-state index in [-0.39, 0.29) is 23.2 Å². The number of rotatable bonds is 5. The van der Waals surface area contributed by atoms with Gasteiger partial charge in [-0.3, -0.25) is 9.59 Å². The molecule has 34 heavy (non-hydrogen) atoms. The molecule has 0 radical (unpaired) electrons. The quantitative estimate of drug-likeness (QED) is 0.535. The first-order valence-electron chi connectivity index (χ1n) is 10.7. The van der Waals surface area contributed by atoms with Crippen LogP contribution in [0, 0.1) is 11.3 Å². The highest BCUT2D eigenvalue weighted by Crippen LogP contribution is 2.30. The Bertz CT molecular complexity index is 1190. The van der Waals surface area contributed by atoms with Gasteiger partial charge >= 0.3 is 0 Å². The van der Waals surface area contributed by atoms with E-state index in [1.54, 1.807) is 4.57 Å².